The Morgan fingerprint density at radius 2 is 1.68 bits per heavy atom. The number of allylic oxidation sites excluding steroid dienone is 1. The van der Waals surface area contributed by atoms with Gasteiger partial charge in [-0.05, 0) is 35.9 Å². The van der Waals surface area contributed by atoms with Gasteiger partial charge in [-0.25, -0.2) is 0 Å². The summed E-state index contributed by atoms with van der Waals surface area (Å²) in [5.41, 5.74) is 2.46. The van der Waals surface area contributed by atoms with Crippen LogP contribution in [0, 0.1) is 11.3 Å². The molecule has 0 aliphatic carbocycles. The van der Waals surface area contributed by atoms with Gasteiger partial charge >= 0.3 is 0 Å². The molecule has 0 aliphatic heterocycles. The van der Waals surface area contributed by atoms with Crippen LogP contribution in [-0.4, -0.2) is 0 Å². The number of hydrogen-bond donors (Lipinski definition) is 0. The van der Waals surface area contributed by atoms with Crippen molar-refractivity contribution in [2.75, 3.05) is 0 Å². The van der Waals surface area contributed by atoms with E-state index >= 15 is 0 Å². The summed E-state index contributed by atoms with van der Waals surface area (Å²) in [7, 11) is 0. The Morgan fingerprint density at radius 1 is 0.955 bits per heavy atom. The molecule has 2 aromatic carbocycles. The molecule has 0 aliphatic rings. The van der Waals surface area contributed by atoms with Gasteiger partial charge in [-0.15, -0.1) is 0 Å². The third-order valence-electron chi connectivity index (χ3n) is 3.25. The zero-order valence-corrected chi connectivity index (χ0v) is 13.2. The van der Waals surface area contributed by atoms with Crippen molar-refractivity contribution >= 4 is 27.6 Å². The maximum atomic E-state index is 9.33. The van der Waals surface area contributed by atoms with Gasteiger partial charge in [0.25, 0.3) is 0 Å². The molecule has 0 saturated carbocycles. The van der Waals surface area contributed by atoms with Gasteiger partial charge in [0, 0.05) is 10.0 Å². The molecule has 0 atom stereocenters. The molecule has 3 aromatic rings. The monoisotopic (exact) mass is 349 g/mol. The Morgan fingerprint density at radius 3 is 2.36 bits per heavy atom. The van der Waals surface area contributed by atoms with Crippen molar-refractivity contribution in [2.45, 2.75) is 0 Å². The molecule has 0 unspecified atom stereocenters. The van der Waals surface area contributed by atoms with Gasteiger partial charge in [0.15, 0.2) is 0 Å². The van der Waals surface area contributed by atoms with Crippen molar-refractivity contribution in [3.63, 3.8) is 0 Å². The predicted molar refractivity (Wildman–Crippen MR) is 91.8 cm³/mol. The number of nitrogens with zero attached hydrogens (tertiary/aromatic N) is 1. The number of halogens is 1. The minimum absolute atomic E-state index is 0.581. The maximum Gasteiger partial charge on any atom is 0.134 e. The maximum absolute atomic E-state index is 9.33. The Kier molecular flexibility index (Phi) is 4.22. The van der Waals surface area contributed by atoms with Crippen LogP contribution in [-0.2, 0) is 0 Å². The fourth-order valence-corrected chi connectivity index (χ4v) is 2.40. The quantitative estimate of drug-likeness (QED) is 0.562. The third kappa shape index (κ3) is 3.19. The summed E-state index contributed by atoms with van der Waals surface area (Å²) in [6.07, 6.45) is 1.76. The third-order valence-corrected chi connectivity index (χ3v) is 3.78. The highest BCUT2D eigenvalue weighted by molar-refractivity contribution is 9.10. The molecular formula is C19H12BrNO. The average Bonchev–Trinajstić information content (AvgIpc) is 3.03. The summed E-state index contributed by atoms with van der Waals surface area (Å²) in [4.78, 5) is 0. The van der Waals surface area contributed by atoms with Crippen molar-refractivity contribution in [1.29, 1.82) is 5.26 Å². The van der Waals surface area contributed by atoms with Gasteiger partial charge in [-0.1, -0.05) is 58.4 Å². The van der Waals surface area contributed by atoms with Crippen LogP contribution in [0.3, 0.4) is 0 Å². The number of furan rings is 1. The van der Waals surface area contributed by atoms with Crippen molar-refractivity contribution in [3.05, 3.63) is 82.5 Å². The first-order chi connectivity index (χ1) is 10.8. The summed E-state index contributed by atoms with van der Waals surface area (Å²) in [5, 5.41) is 9.33. The van der Waals surface area contributed by atoms with Crippen LogP contribution in [0.25, 0.3) is 23.0 Å². The van der Waals surface area contributed by atoms with Gasteiger partial charge < -0.3 is 4.42 Å². The van der Waals surface area contributed by atoms with Crippen LogP contribution in [0.2, 0.25) is 0 Å². The highest BCUT2D eigenvalue weighted by atomic mass is 79.9. The molecular weight excluding hydrogens is 338 g/mol. The molecule has 1 aromatic heterocycles. The molecule has 3 heteroatoms. The summed E-state index contributed by atoms with van der Waals surface area (Å²) in [5.74, 6) is 1.45. The Balaban J connectivity index is 1.92. The molecule has 3 rings (SSSR count). The lowest BCUT2D eigenvalue weighted by Crippen LogP contribution is -1.79. The zero-order valence-electron chi connectivity index (χ0n) is 11.7. The standard InChI is InChI=1S/C19H12BrNO/c20-17-8-6-15(7-9-17)19-11-10-18(22-19)12-16(13-21)14-4-2-1-3-5-14/h1-12H. The highest BCUT2D eigenvalue weighted by Gasteiger charge is 2.06. The summed E-state index contributed by atoms with van der Waals surface area (Å²) in [6.45, 7) is 0. The van der Waals surface area contributed by atoms with E-state index < -0.39 is 0 Å². The first-order valence-electron chi connectivity index (χ1n) is 6.79. The SMILES string of the molecule is N#CC(=Cc1ccc(-c2ccc(Br)cc2)o1)c1ccccc1. The molecule has 0 N–H and O–H groups in total. The lowest BCUT2D eigenvalue weighted by atomic mass is 10.1. The second kappa shape index (κ2) is 6.46. The molecule has 1 heterocycles. The fraction of sp³-hybridized carbons (Fsp3) is 0. The Hall–Kier alpha value is -2.57. The van der Waals surface area contributed by atoms with E-state index in [4.69, 9.17) is 4.42 Å². The molecule has 0 bridgehead atoms. The van der Waals surface area contributed by atoms with Gasteiger partial charge in [0.05, 0.1) is 11.6 Å². The molecule has 2 nitrogen and oxygen atoms in total. The van der Waals surface area contributed by atoms with Crippen LogP contribution >= 0.6 is 15.9 Å². The van der Waals surface area contributed by atoms with E-state index in [-0.39, 0.29) is 0 Å². The molecule has 22 heavy (non-hydrogen) atoms. The predicted octanol–water partition coefficient (Wildman–Crippen LogP) is 5.77. The van der Waals surface area contributed by atoms with E-state index in [0.717, 1.165) is 21.4 Å². The smallest absolute Gasteiger partial charge is 0.134 e. The molecule has 0 spiro atoms. The van der Waals surface area contributed by atoms with Gasteiger partial charge in [0.2, 0.25) is 0 Å². The van der Waals surface area contributed by atoms with Crippen LogP contribution < -0.4 is 0 Å². The number of nitriles is 1. The van der Waals surface area contributed by atoms with Gasteiger partial charge in [-0.2, -0.15) is 5.26 Å². The van der Waals surface area contributed by atoms with Gasteiger partial charge in [-0.3, -0.25) is 0 Å². The largest absolute Gasteiger partial charge is 0.457 e. The fourth-order valence-electron chi connectivity index (χ4n) is 2.14. The lowest BCUT2D eigenvalue weighted by molar-refractivity contribution is 0.572. The van der Waals surface area contributed by atoms with E-state index in [0.29, 0.717) is 11.3 Å². The minimum atomic E-state index is 0.581. The Labute approximate surface area is 137 Å². The van der Waals surface area contributed by atoms with E-state index in [2.05, 4.69) is 22.0 Å². The summed E-state index contributed by atoms with van der Waals surface area (Å²) < 4.78 is 6.85. The molecule has 0 saturated heterocycles. The van der Waals surface area contributed by atoms with Crippen molar-refractivity contribution < 1.29 is 4.42 Å². The molecule has 106 valence electrons. The Bertz CT molecular complexity index is 839. The summed E-state index contributed by atoms with van der Waals surface area (Å²) in [6, 6.07) is 23.5. The van der Waals surface area contributed by atoms with Crippen molar-refractivity contribution in [3.8, 4) is 17.4 Å². The normalized spacial score (nSPS) is 11.2. The van der Waals surface area contributed by atoms with E-state index in [1.54, 1.807) is 6.08 Å². The first-order valence-corrected chi connectivity index (χ1v) is 7.58. The van der Waals surface area contributed by atoms with Crippen LogP contribution in [0.5, 0.6) is 0 Å². The number of rotatable bonds is 3. The van der Waals surface area contributed by atoms with Crippen LogP contribution in [0.4, 0.5) is 0 Å². The second-order valence-electron chi connectivity index (χ2n) is 4.74. The van der Waals surface area contributed by atoms with Crippen LogP contribution in [0.15, 0.2) is 75.6 Å². The summed E-state index contributed by atoms with van der Waals surface area (Å²) >= 11 is 3.41. The van der Waals surface area contributed by atoms with E-state index in [9.17, 15) is 5.26 Å². The second-order valence-corrected chi connectivity index (χ2v) is 5.66. The molecule has 0 radical (unpaired) electrons. The van der Waals surface area contributed by atoms with E-state index in [1.807, 2.05) is 66.7 Å². The average molecular weight is 350 g/mol. The minimum Gasteiger partial charge on any atom is -0.457 e. The zero-order chi connectivity index (χ0) is 15.4. The lowest BCUT2D eigenvalue weighted by Gasteiger charge is -1.98. The molecule has 0 fully saturated rings. The number of hydrogen-bond acceptors (Lipinski definition) is 2. The van der Waals surface area contributed by atoms with Gasteiger partial charge in [0.1, 0.15) is 11.5 Å². The van der Waals surface area contributed by atoms with Crippen molar-refractivity contribution in [2.24, 2.45) is 0 Å². The first kappa shape index (κ1) is 14.4. The van der Waals surface area contributed by atoms with Crippen molar-refractivity contribution in [1.82, 2.24) is 0 Å². The topological polar surface area (TPSA) is 36.9 Å². The number of benzene rings is 2. The van der Waals surface area contributed by atoms with Crippen LogP contribution in [0.1, 0.15) is 11.3 Å². The highest BCUT2D eigenvalue weighted by Crippen LogP contribution is 2.26. The van der Waals surface area contributed by atoms with E-state index in [1.165, 1.54) is 0 Å². The molecule has 0 amide bonds.